The summed E-state index contributed by atoms with van der Waals surface area (Å²) in [5.74, 6) is 6.21. The molecule has 0 aliphatic carbocycles. The zero-order valence-electron chi connectivity index (χ0n) is 9.34. The van der Waals surface area contributed by atoms with Gasteiger partial charge in [-0.15, -0.1) is 0 Å². The maximum atomic E-state index is 5.44. The lowest BCUT2D eigenvalue weighted by molar-refractivity contribution is 0.0788. The lowest BCUT2D eigenvalue weighted by Crippen LogP contribution is -2.43. The molecule has 80 valence electrons. The number of ether oxygens (including phenoxy) is 1. The van der Waals surface area contributed by atoms with E-state index in [1.54, 1.807) is 7.11 Å². The van der Waals surface area contributed by atoms with Gasteiger partial charge in [0.15, 0.2) is 0 Å². The molecular formula is C10H24N2O. The van der Waals surface area contributed by atoms with Crippen LogP contribution in [0.1, 0.15) is 40.0 Å². The number of hydrogen-bond acceptors (Lipinski definition) is 3. The van der Waals surface area contributed by atoms with Crippen LogP contribution in [0.25, 0.3) is 0 Å². The molecule has 0 aliphatic rings. The highest BCUT2D eigenvalue weighted by atomic mass is 16.5. The predicted octanol–water partition coefficient (Wildman–Crippen LogP) is 1.68. The molecule has 0 aromatic heterocycles. The molecule has 2 unspecified atom stereocenters. The molecule has 2 atom stereocenters. The van der Waals surface area contributed by atoms with Crippen LogP contribution in [0, 0.1) is 5.92 Å². The zero-order chi connectivity index (χ0) is 10.3. The van der Waals surface area contributed by atoms with Gasteiger partial charge in [0.1, 0.15) is 0 Å². The quantitative estimate of drug-likeness (QED) is 0.472. The van der Waals surface area contributed by atoms with Crippen LogP contribution >= 0.6 is 0 Å². The minimum atomic E-state index is 0.192. The molecule has 0 rings (SSSR count). The van der Waals surface area contributed by atoms with Crippen LogP contribution in [0.15, 0.2) is 0 Å². The Balaban J connectivity index is 3.59. The number of hydrazine groups is 1. The first-order chi connectivity index (χ1) is 6.11. The molecule has 0 aromatic rings. The van der Waals surface area contributed by atoms with Gasteiger partial charge in [-0.2, -0.15) is 0 Å². The molecule has 13 heavy (non-hydrogen) atoms. The molecule has 3 nitrogen and oxygen atoms in total. The van der Waals surface area contributed by atoms with E-state index in [1.807, 2.05) is 6.92 Å². The van der Waals surface area contributed by atoms with Gasteiger partial charge in [0.25, 0.3) is 0 Å². The van der Waals surface area contributed by atoms with E-state index in [9.17, 15) is 0 Å². The highest BCUT2D eigenvalue weighted by Gasteiger charge is 2.14. The molecular weight excluding hydrogens is 164 g/mol. The van der Waals surface area contributed by atoms with Gasteiger partial charge in [-0.1, -0.05) is 26.7 Å². The fourth-order valence-corrected chi connectivity index (χ4v) is 1.36. The Hall–Kier alpha value is -0.120. The summed E-state index contributed by atoms with van der Waals surface area (Å²) in [6.07, 6.45) is 3.75. The molecule has 0 saturated carbocycles. The second kappa shape index (κ2) is 7.30. The summed E-state index contributed by atoms with van der Waals surface area (Å²) >= 11 is 0. The Kier molecular flexibility index (Phi) is 7.23. The van der Waals surface area contributed by atoms with Crippen molar-refractivity contribution in [1.29, 1.82) is 0 Å². The van der Waals surface area contributed by atoms with Crippen molar-refractivity contribution in [2.24, 2.45) is 11.8 Å². The molecule has 0 radical (unpaired) electrons. The number of hydrogen-bond donors (Lipinski definition) is 2. The summed E-state index contributed by atoms with van der Waals surface area (Å²) in [5.41, 5.74) is 2.80. The van der Waals surface area contributed by atoms with Gasteiger partial charge in [0.05, 0.1) is 6.10 Å². The largest absolute Gasteiger partial charge is 0.380 e. The maximum absolute atomic E-state index is 5.44. The Labute approximate surface area is 82.0 Å². The summed E-state index contributed by atoms with van der Waals surface area (Å²) in [4.78, 5) is 0. The highest BCUT2D eigenvalue weighted by Crippen LogP contribution is 2.11. The van der Waals surface area contributed by atoms with Gasteiger partial charge in [0.2, 0.25) is 0 Å². The maximum Gasteiger partial charge on any atom is 0.0709 e. The van der Waals surface area contributed by atoms with Crippen LogP contribution in [0.3, 0.4) is 0 Å². The van der Waals surface area contributed by atoms with E-state index < -0.39 is 0 Å². The predicted molar refractivity (Wildman–Crippen MR) is 56.3 cm³/mol. The number of nitrogens with two attached hydrogens (primary N) is 1. The molecule has 0 amide bonds. The van der Waals surface area contributed by atoms with Gasteiger partial charge < -0.3 is 4.74 Å². The van der Waals surface area contributed by atoms with E-state index in [1.165, 1.54) is 12.8 Å². The van der Waals surface area contributed by atoms with E-state index >= 15 is 0 Å². The molecule has 0 saturated heterocycles. The van der Waals surface area contributed by atoms with E-state index in [-0.39, 0.29) is 12.1 Å². The third kappa shape index (κ3) is 6.02. The number of nitrogens with one attached hydrogen (secondary N) is 1. The van der Waals surface area contributed by atoms with Gasteiger partial charge in [-0.05, 0) is 19.3 Å². The molecule has 0 heterocycles. The first kappa shape index (κ1) is 12.9. The second-order valence-corrected chi connectivity index (χ2v) is 4.04. The van der Waals surface area contributed by atoms with Gasteiger partial charge in [0, 0.05) is 13.2 Å². The Morgan fingerprint density at radius 2 is 1.85 bits per heavy atom. The van der Waals surface area contributed by atoms with Crippen molar-refractivity contribution < 1.29 is 4.74 Å². The zero-order valence-corrected chi connectivity index (χ0v) is 9.34. The standard InChI is InChI=1S/C10H24N2O/c1-8(2)6-5-7-10(12-11)9(3)13-4/h8-10,12H,5-7,11H2,1-4H3. The van der Waals surface area contributed by atoms with Crippen molar-refractivity contribution >= 4 is 0 Å². The third-order valence-corrected chi connectivity index (χ3v) is 2.45. The SMILES string of the molecule is COC(C)C(CCCC(C)C)NN. The van der Waals surface area contributed by atoms with Gasteiger partial charge in [-0.3, -0.25) is 11.3 Å². The van der Waals surface area contributed by atoms with Gasteiger partial charge in [-0.25, -0.2) is 0 Å². The van der Waals surface area contributed by atoms with E-state index in [2.05, 4.69) is 19.3 Å². The second-order valence-electron chi connectivity index (χ2n) is 4.04. The summed E-state index contributed by atoms with van der Waals surface area (Å²) in [5, 5.41) is 0. The van der Waals surface area contributed by atoms with Crippen LogP contribution in [0.2, 0.25) is 0 Å². The Bertz CT molecular complexity index is 117. The number of rotatable bonds is 7. The van der Waals surface area contributed by atoms with E-state index in [0.29, 0.717) is 0 Å². The van der Waals surface area contributed by atoms with Crippen molar-refractivity contribution in [2.45, 2.75) is 52.2 Å². The Morgan fingerprint density at radius 3 is 2.23 bits per heavy atom. The Morgan fingerprint density at radius 1 is 1.23 bits per heavy atom. The van der Waals surface area contributed by atoms with E-state index in [0.717, 1.165) is 12.3 Å². The van der Waals surface area contributed by atoms with Crippen LogP contribution in [-0.4, -0.2) is 19.3 Å². The summed E-state index contributed by atoms with van der Waals surface area (Å²) in [6.45, 7) is 6.52. The van der Waals surface area contributed by atoms with Crippen LogP contribution in [0.4, 0.5) is 0 Å². The minimum absolute atomic E-state index is 0.192. The first-order valence-corrected chi connectivity index (χ1v) is 5.10. The van der Waals surface area contributed by atoms with Crippen LogP contribution in [0.5, 0.6) is 0 Å². The molecule has 0 fully saturated rings. The van der Waals surface area contributed by atoms with Crippen molar-refractivity contribution in [3.63, 3.8) is 0 Å². The summed E-state index contributed by atoms with van der Waals surface area (Å²) < 4.78 is 5.22. The van der Waals surface area contributed by atoms with Crippen LogP contribution < -0.4 is 11.3 Å². The normalized spacial score (nSPS) is 16.2. The highest BCUT2D eigenvalue weighted by molar-refractivity contribution is 4.70. The lowest BCUT2D eigenvalue weighted by Gasteiger charge is -2.22. The third-order valence-electron chi connectivity index (χ3n) is 2.45. The molecule has 0 bridgehead atoms. The average molecular weight is 188 g/mol. The molecule has 0 spiro atoms. The van der Waals surface area contributed by atoms with Crippen molar-refractivity contribution in [1.82, 2.24) is 5.43 Å². The molecule has 0 aliphatic heterocycles. The fourth-order valence-electron chi connectivity index (χ4n) is 1.36. The summed E-state index contributed by atoms with van der Waals surface area (Å²) in [6, 6.07) is 0.281. The first-order valence-electron chi connectivity index (χ1n) is 5.10. The molecule has 0 aromatic carbocycles. The average Bonchev–Trinajstić information content (AvgIpc) is 2.11. The molecule has 3 N–H and O–H groups in total. The molecule has 3 heteroatoms. The monoisotopic (exact) mass is 188 g/mol. The smallest absolute Gasteiger partial charge is 0.0709 e. The lowest BCUT2D eigenvalue weighted by atomic mass is 10.0. The summed E-state index contributed by atoms with van der Waals surface area (Å²) in [7, 11) is 1.72. The van der Waals surface area contributed by atoms with Crippen LogP contribution in [-0.2, 0) is 4.74 Å². The minimum Gasteiger partial charge on any atom is -0.380 e. The fraction of sp³-hybridized carbons (Fsp3) is 1.00. The van der Waals surface area contributed by atoms with Crippen molar-refractivity contribution in [3.05, 3.63) is 0 Å². The topological polar surface area (TPSA) is 47.3 Å². The number of methoxy groups -OCH3 is 1. The van der Waals surface area contributed by atoms with E-state index in [4.69, 9.17) is 10.6 Å². The van der Waals surface area contributed by atoms with Gasteiger partial charge >= 0.3 is 0 Å². The van der Waals surface area contributed by atoms with Crippen molar-refractivity contribution in [2.75, 3.05) is 7.11 Å². The van der Waals surface area contributed by atoms with Crippen molar-refractivity contribution in [3.8, 4) is 0 Å².